The van der Waals surface area contributed by atoms with Crippen molar-refractivity contribution in [3.8, 4) is 0 Å². The lowest BCUT2D eigenvalue weighted by Crippen LogP contribution is -2.49. The molecule has 1 atom stereocenters. The Morgan fingerprint density at radius 3 is 2.34 bits per heavy atom. The summed E-state index contributed by atoms with van der Waals surface area (Å²) in [5, 5.41) is 9.86. The fraction of sp³-hybridized carbons (Fsp3) is 0.321. The number of halogens is 1. The topological polar surface area (TPSA) is 40.5 Å². The van der Waals surface area contributed by atoms with Crippen molar-refractivity contribution in [2.75, 3.05) is 13.1 Å². The monoisotopic (exact) mass is 447 g/mol. The van der Waals surface area contributed by atoms with Gasteiger partial charge in [-0.3, -0.25) is 9.69 Å². The van der Waals surface area contributed by atoms with Gasteiger partial charge in [-0.2, -0.15) is 0 Å². The second-order valence-corrected chi connectivity index (χ2v) is 9.59. The van der Waals surface area contributed by atoms with Crippen molar-refractivity contribution in [2.45, 2.75) is 39.7 Å². The summed E-state index contributed by atoms with van der Waals surface area (Å²) in [7, 11) is 0. The first-order chi connectivity index (χ1) is 15.3. The molecule has 1 aliphatic heterocycles. The van der Waals surface area contributed by atoms with Crippen LogP contribution in [0.15, 0.2) is 60.7 Å². The van der Waals surface area contributed by atoms with Crippen LogP contribution in [0.5, 0.6) is 0 Å². The van der Waals surface area contributed by atoms with Crippen LogP contribution in [0.1, 0.15) is 44.9 Å². The molecule has 0 saturated carbocycles. The summed E-state index contributed by atoms with van der Waals surface area (Å²) in [6, 6.07) is 21.6. The standard InChI is InChI=1S/C28H30ClNO2/c1-18-7-8-21(11-19(18)2)13-27(23-5-4-6-25(29)14-23)26-10-9-22(12-20(26)3)15-30-16-24(17-30)28(31)32/h4-12,14,24,27H,13,15-17H2,1-3H3,(H,31,32). The highest BCUT2D eigenvalue weighted by Gasteiger charge is 2.32. The predicted octanol–water partition coefficient (Wildman–Crippen LogP) is 6.16. The van der Waals surface area contributed by atoms with Crippen LogP contribution < -0.4 is 0 Å². The molecule has 4 heteroatoms. The third kappa shape index (κ3) is 5.06. The van der Waals surface area contributed by atoms with E-state index in [1.54, 1.807) is 0 Å². The Labute approximate surface area is 195 Å². The van der Waals surface area contributed by atoms with Crippen molar-refractivity contribution in [2.24, 2.45) is 5.92 Å². The number of carbonyl (C=O) groups is 1. The Morgan fingerprint density at radius 2 is 1.69 bits per heavy atom. The lowest BCUT2D eigenvalue weighted by molar-refractivity contribution is -0.147. The van der Waals surface area contributed by atoms with Gasteiger partial charge in [0.15, 0.2) is 0 Å². The largest absolute Gasteiger partial charge is 0.481 e. The molecule has 0 amide bonds. The maximum absolute atomic E-state index is 11.1. The first kappa shape index (κ1) is 22.6. The molecule has 166 valence electrons. The van der Waals surface area contributed by atoms with Crippen LogP contribution in [0, 0.1) is 26.7 Å². The summed E-state index contributed by atoms with van der Waals surface area (Å²) in [5.74, 6) is -0.700. The zero-order valence-electron chi connectivity index (χ0n) is 18.9. The molecule has 0 radical (unpaired) electrons. The summed E-state index contributed by atoms with van der Waals surface area (Å²) in [6.07, 6.45) is 0.911. The van der Waals surface area contributed by atoms with Gasteiger partial charge in [-0.1, -0.05) is 60.1 Å². The van der Waals surface area contributed by atoms with Gasteiger partial charge < -0.3 is 5.11 Å². The summed E-state index contributed by atoms with van der Waals surface area (Å²) >= 11 is 6.36. The lowest BCUT2D eigenvalue weighted by atomic mass is 9.83. The number of rotatable bonds is 7. The van der Waals surface area contributed by atoms with E-state index < -0.39 is 5.97 Å². The molecule has 4 rings (SSSR count). The normalized spacial score (nSPS) is 15.4. The van der Waals surface area contributed by atoms with Gasteiger partial charge >= 0.3 is 5.97 Å². The SMILES string of the molecule is Cc1ccc(CC(c2cccc(Cl)c2)c2ccc(CN3CC(C(=O)O)C3)cc2C)cc1C. The maximum Gasteiger partial charge on any atom is 0.309 e. The van der Waals surface area contributed by atoms with Gasteiger partial charge in [0.05, 0.1) is 5.92 Å². The van der Waals surface area contributed by atoms with E-state index in [4.69, 9.17) is 16.7 Å². The van der Waals surface area contributed by atoms with E-state index in [1.807, 2.05) is 12.1 Å². The van der Waals surface area contributed by atoms with Crippen LogP contribution in [0.4, 0.5) is 0 Å². The van der Waals surface area contributed by atoms with Gasteiger partial charge in [-0.15, -0.1) is 0 Å². The number of benzene rings is 3. The molecular formula is C28H30ClNO2. The fourth-order valence-electron chi connectivity index (χ4n) is 4.64. The van der Waals surface area contributed by atoms with E-state index in [-0.39, 0.29) is 11.8 Å². The number of carboxylic acids is 1. The zero-order chi connectivity index (χ0) is 22.8. The highest BCUT2D eigenvalue weighted by Crippen LogP contribution is 2.33. The molecule has 0 bridgehead atoms. The fourth-order valence-corrected chi connectivity index (χ4v) is 4.84. The van der Waals surface area contributed by atoms with Crippen LogP contribution in [-0.2, 0) is 17.8 Å². The Hall–Kier alpha value is -2.62. The van der Waals surface area contributed by atoms with Crippen molar-refractivity contribution in [3.05, 3.63) is 105 Å². The molecule has 3 aromatic rings. The predicted molar refractivity (Wildman–Crippen MR) is 130 cm³/mol. The van der Waals surface area contributed by atoms with Gasteiger partial charge in [-0.05, 0) is 78.3 Å². The lowest BCUT2D eigenvalue weighted by Gasteiger charge is -2.36. The first-order valence-corrected chi connectivity index (χ1v) is 11.5. The molecule has 1 aliphatic rings. The van der Waals surface area contributed by atoms with Crippen molar-refractivity contribution < 1.29 is 9.90 Å². The number of likely N-dealkylation sites (tertiary alicyclic amines) is 1. The molecule has 0 aliphatic carbocycles. The Bertz CT molecular complexity index is 1130. The van der Waals surface area contributed by atoms with E-state index in [9.17, 15) is 4.79 Å². The molecular weight excluding hydrogens is 418 g/mol. The minimum absolute atomic E-state index is 0.213. The molecule has 1 N–H and O–H groups in total. The van der Waals surface area contributed by atoms with Crippen LogP contribution in [-0.4, -0.2) is 29.1 Å². The van der Waals surface area contributed by atoms with Gasteiger partial charge in [0.2, 0.25) is 0 Å². The Balaban J connectivity index is 1.60. The molecule has 1 heterocycles. The number of nitrogens with zero attached hydrogens (tertiary/aromatic N) is 1. The minimum atomic E-state index is -0.691. The van der Waals surface area contributed by atoms with E-state index >= 15 is 0 Å². The molecule has 1 saturated heterocycles. The summed E-state index contributed by atoms with van der Waals surface area (Å²) in [6.45, 7) is 8.55. The van der Waals surface area contributed by atoms with E-state index in [0.717, 1.165) is 18.0 Å². The smallest absolute Gasteiger partial charge is 0.309 e. The molecule has 32 heavy (non-hydrogen) atoms. The van der Waals surface area contributed by atoms with Crippen LogP contribution >= 0.6 is 11.6 Å². The number of hydrogen-bond acceptors (Lipinski definition) is 2. The number of hydrogen-bond donors (Lipinski definition) is 1. The van der Waals surface area contributed by atoms with Crippen molar-refractivity contribution in [1.29, 1.82) is 0 Å². The molecule has 1 unspecified atom stereocenters. The Kier molecular flexibility index (Phi) is 6.68. The van der Waals surface area contributed by atoms with Crippen LogP contribution in [0.25, 0.3) is 0 Å². The highest BCUT2D eigenvalue weighted by atomic mass is 35.5. The number of aliphatic carboxylic acids is 1. The summed E-state index contributed by atoms with van der Waals surface area (Å²) in [5.41, 5.74) is 8.96. The van der Waals surface area contributed by atoms with Gasteiger partial charge in [0.25, 0.3) is 0 Å². The molecule has 0 spiro atoms. The quantitative estimate of drug-likeness (QED) is 0.471. The summed E-state index contributed by atoms with van der Waals surface area (Å²) < 4.78 is 0. The third-order valence-corrected chi connectivity index (χ3v) is 6.92. The average Bonchev–Trinajstić information content (AvgIpc) is 2.71. The van der Waals surface area contributed by atoms with E-state index in [2.05, 4.69) is 74.2 Å². The van der Waals surface area contributed by atoms with Crippen molar-refractivity contribution >= 4 is 17.6 Å². The van der Waals surface area contributed by atoms with E-state index in [1.165, 1.54) is 38.9 Å². The molecule has 3 aromatic carbocycles. The second kappa shape index (κ2) is 9.48. The number of carboxylic acid groups (broad SMARTS) is 1. The third-order valence-electron chi connectivity index (χ3n) is 6.68. The van der Waals surface area contributed by atoms with E-state index in [0.29, 0.717) is 13.1 Å². The van der Waals surface area contributed by atoms with Gasteiger partial charge in [0, 0.05) is 30.6 Å². The second-order valence-electron chi connectivity index (χ2n) is 9.15. The Morgan fingerprint density at radius 1 is 0.969 bits per heavy atom. The zero-order valence-corrected chi connectivity index (χ0v) is 19.7. The van der Waals surface area contributed by atoms with Crippen molar-refractivity contribution in [3.63, 3.8) is 0 Å². The molecule has 3 nitrogen and oxygen atoms in total. The number of aryl methyl sites for hydroxylation is 3. The molecule has 1 fully saturated rings. The maximum atomic E-state index is 11.1. The van der Waals surface area contributed by atoms with Crippen molar-refractivity contribution in [1.82, 2.24) is 4.90 Å². The van der Waals surface area contributed by atoms with Crippen LogP contribution in [0.2, 0.25) is 5.02 Å². The minimum Gasteiger partial charge on any atom is -0.481 e. The van der Waals surface area contributed by atoms with Gasteiger partial charge in [-0.25, -0.2) is 0 Å². The van der Waals surface area contributed by atoms with Gasteiger partial charge in [0.1, 0.15) is 0 Å². The van der Waals surface area contributed by atoms with Crippen LogP contribution in [0.3, 0.4) is 0 Å². The average molecular weight is 448 g/mol. The molecule has 0 aromatic heterocycles. The summed E-state index contributed by atoms with van der Waals surface area (Å²) in [4.78, 5) is 13.3. The first-order valence-electron chi connectivity index (χ1n) is 11.2. The highest BCUT2D eigenvalue weighted by molar-refractivity contribution is 6.30.